The molecule has 102 valence electrons. The van der Waals surface area contributed by atoms with Crippen LogP contribution in [0, 0.1) is 11.3 Å². The Balaban J connectivity index is 2.28. The first-order chi connectivity index (χ1) is 7.90. The highest BCUT2D eigenvalue weighted by Gasteiger charge is 2.22. The number of rotatable bonds is 6. The van der Waals surface area contributed by atoms with Gasteiger partial charge in [-0.1, -0.05) is 20.8 Å². The maximum Gasteiger partial charge on any atom is 0.0702 e. The minimum atomic E-state index is 0.370. The van der Waals surface area contributed by atoms with E-state index in [1.807, 2.05) is 0 Å². The first-order valence-corrected chi connectivity index (χ1v) is 6.91. The molecule has 2 atom stereocenters. The predicted octanol–water partition coefficient (Wildman–Crippen LogP) is 2.11. The van der Waals surface area contributed by atoms with E-state index < -0.39 is 0 Å². The van der Waals surface area contributed by atoms with E-state index in [0.717, 1.165) is 26.2 Å². The first-order valence-electron chi connectivity index (χ1n) is 6.91. The molecular weight excluding hydrogens is 212 g/mol. The van der Waals surface area contributed by atoms with Crippen molar-refractivity contribution in [3.8, 4) is 0 Å². The molecule has 17 heavy (non-hydrogen) atoms. The average molecular weight is 242 g/mol. The highest BCUT2D eigenvalue weighted by Crippen LogP contribution is 2.24. The van der Waals surface area contributed by atoms with Gasteiger partial charge in [-0.2, -0.15) is 0 Å². The summed E-state index contributed by atoms with van der Waals surface area (Å²) in [6.45, 7) is 10.7. The van der Waals surface area contributed by atoms with Crippen LogP contribution in [0.1, 0.15) is 40.0 Å². The van der Waals surface area contributed by atoms with Crippen LogP contribution in [0.5, 0.6) is 0 Å². The van der Waals surface area contributed by atoms with Crippen LogP contribution < -0.4 is 5.73 Å². The summed E-state index contributed by atoms with van der Waals surface area (Å²) < 4.78 is 5.67. The zero-order valence-corrected chi connectivity index (χ0v) is 12.0. The molecule has 1 aliphatic heterocycles. The van der Waals surface area contributed by atoms with E-state index in [0.29, 0.717) is 17.4 Å². The Labute approximate surface area is 107 Å². The third-order valence-corrected chi connectivity index (χ3v) is 3.34. The molecule has 0 aromatic carbocycles. The van der Waals surface area contributed by atoms with Crippen molar-refractivity contribution in [1.29, 1.82) is 0 Å². The van der Waals surface area contributed by atoms with Crippen LogP contribution >= 0.6 is 0 Å². The molecular formula is C14H30N2O. The quantitative estimate of drug-likeness (QED) is 0.775. The Bertz CT molecular complexity index is 207. The molecule has 0 aliphatic carbocycles. The Hall–Kier alpha value is -0.120. The van der Waals surface area contributed by atoms with Crippen LogP contribution in [0.15, 0.2) is 0 Å². The van der Waals surface area contributed by atoms with Gasteiger partial charge in [0.2, 0.25) is 0 Å². The number of nitrogens with two attached hydrogens (primary N) is 1. The molecule has 0 spiro atoms. The molecule has 1 rings (SSSR count). The molecule has 3 nitrogen and oxygen atoms in total. The van der Waals surface area contributed by atoms with E-state index in [1.54, 1.807) is 0 Å². The molecule has 2 N–H and O–H groups in total. The van der Waals surface area contributed by atoms with Gasteiger partial charge in [-0.3, -0.25) is 0 Å². The Morgan fingerprint density at radius 1 is 1.41 bits per heavy atom. The first kappa shape index (κ1) is 14.9. The van der Waals surface area contributed by atoms with Crippen molar-refractivity contribution in [1.82, 2.24) is 4.90 Å². The number of hydrogen-bond acceptors (Lipinski definition) is 3. The number of hydrogen-bond donors (Lipinski definition) is 1. The molecule has 0 radical (unpaired) electrons. The second kappa shape index (κ2) is 6.72. The summed E-state index contributed by atoms with van der Waals surface area (Å²) in [4.78, 5) is 2.39. The molecule has 1 aliphatic rings. The number of ether oxygens (including phenoxy) is 1. The lowest BCUT2D eigenvalue weighted by molar-refractivity contribution is 0.0745. The second-order valence-corrected chi connectivity index (χ2v) is 6.72. The Kier molecular flexibility index (Phi) is 5.90. The monoisotopic (exact) mass is 242 g/mol. The van der Waals surface area contributed by atoms with Gasteiger partial charge in [-0.15, -0.1) is 0 Å². The lowest BCUT2D eigenvalue weighted by Gasteiger charge is -2.29. The van der Waals surface area contributed by atoms with Gasteiger partial charge in [0.1, 0.15) is 0 Å². The summed E-state index contributed by atoms with van der Waals surface area (Å²) in [5.41, 5.74) is 6.25. The van der Waals surface area contributed by atoms with Crippen molar-refractivity contribution >= 4 is 0 Å². The van der Waals surface area contributed by atoms with Crippen molar-refractivity contribution in [2.24, 2.45) is 17.1 Å². The van der Waals surface area contributed by atoms with Gasteiger partial charge in [0.05, 0.1) is 6.10 Å². The molecule has 1 saturated heterocycles. The maximum absolute atomic E-state index is 5.88. The highest BCUT2D eigenvalue weighted by molar-refractivity contribution is 4.75. The standard InChI is InChI=1S/C14H30N2O/c1-14(2,3)8-12(9-15)10-16(4)11-13-6-5-7-17-13/h12-13H,5-11,15H2,1-4H3. The molecule has 0 saturated carbocycles. The fourth-order valence-corrected chi connectivity index (χ4v) is 2.74. The molecule has 2 unspecified atom stereocenters. The van der Waals surface area contributed by atoms with Gasteiger partial charge in [0, 0.05) is 19.7 Å². The van der Waals surface area contributed by atoms with Gasteiger partial charge in [0.15, 0.2) is 0 Å². The SMILES string of the molecule is CN(CC(CN)CC(C)(C)C)CC1CCCO1. The zero-order chi connectivity index (χ0) is 12.9. The lowest BCUT2D eigenvalue weighted by Crippen LogP contribution is -2.36. The van der Waals surface area contributed by atoms with Crippen molar-refractivity contribution in [2.45, 2.75) is 46.1 Å². The summed E-state index contributed by atoms with van der Waals surface area (Å²) in [6.07, 6.45) is 4.09. The van der Waals surface area contributed by atoms with Crippen molar-refractivity contribution < 1.29 is 4.74 Å². The van der Waals surface area contributed by atoms with E-state index in [1.165, 1.54) is 19.3 Å². The van der Waals surface area contributed by atoms with Crippen LogP contribution in [0.2, 0.25) is 0 Å². The second-order valence-electron chi connectivity index (χ2n) is 6.72. The summed E-state index contributed by atoms with van der Waals surface area (Å²) in [6, 6.07) is 0. The van der Waals surface area contributed by atoms with Crippen LogP contribution in [-0.4, -0.2) is 44.3 Å². The van der Waals surface area contributed by atoms with E-state index >= 15 is 0 Å². The van der Waals surface area contributed by atoms with Crippen LogP contribution in [0.25, 0.3) is 0 Å². The van der Waals surface area contributed by atoms with E-state index in [4.69, 9.17) is 10.5 Å². The molecule has 0 bridgehead atoms. The van der Waals surface area contributed by atoms with Crippen LogP contribution in [0.4, 0.5) is 0 Å². The van der Waals surface area contributed by atoms with Gasteiger partial charge in [-0.05, 0) is 44.2 Å². The van der Waals surface area contributed by atoms with Crippen LogP contribution in [0.3, 0.4) is 0 Å². The maximum atomic E-state index is 5.88. The fraction of sp³-hybridized carbons (Fsp3) is 1.00. The Morgan fingerprint density at radius 2 is 2.12 bits per heavy atom. The molecule has 1 heterocycles. The van der Waals surface area contributed by atoms with Gasteiger partial charge < -0.3 is 15.4 Å². The zero-order valence-electron chi connectivity index (χ0n) is 12.0. The van der Waals surface area contributed by atoms with Crippen molar-refractivity contribution in [2.75, 3.05) is 33.3 Å². The molecule has 1 fully saturated rings. The fourth-order valence-electron chi connectivity index (χ4n) is 2.74. The lowest BCUT2D eigenvalue weighted by atomic mass is 9.84. The number of likely N-dealkylation sites (N-methyl/N-ethyl adjacent to an activating group) is 1. The van der Waals surface area contributed by atoms with E-state index in [9.17, 15) is 0 Å². The van der Waals surface area contributed by atoms with Crippen molar-refractivity contribution in [3.05, 3.63) is 0 Å². The topological polar surface area (TPSA) is 38.5 Å². The third-order valence-electron chi connectivity index (χ3n) is 3.34. The highest BCUT2D eigenvalue weighted by atomic mass is 16.5. The van der Waals surface area contributed by atoms with Crippen molar-refractivity contribution in [3.63, 3.8) is 0 Å². The van der Waals surface area contributed by atoms with E-state index in [-0.39, 0.29) is 0 Å². The normalized spacial score (nSPS) is 23.3. The minimum absolute atomic E-state index is 0.370. The van der Waals surface area contributed by atoms with Crippen LogP contribution in [-0.2, 0) is 4.74 Å². The summed E-state index contributed by atoms with van der Waals surface area (Å²) in [5, 5.41) is 0. The molecule has 3 heteroatoms. The minimum Gasteiger partial charge on any atom is -0.377 e. The summed E-state index contributed by atoms with van der Waals surface area (Å²) in [7, 11) is 2.19. The Morgan fingerprint density at radius 3 is 2.59 bits per heavy atom. The average Bonchev–Trinajstić information content (AvgIpc) is 2.67. The molecule has 0 amide bonds. The van der Waals surface area contributed by atoms with Gasteiger partial charge in [-0.25, -0.2) is 0 Å². The largest absolute Gasteiger partial charge is 0.377 e. The number of nitrogens with zero attached hydrogens (tertiary/aromatic N) is 1. The molecule has 0 aromatic heterocycles. The van der Waals surface area contributed by atoms with Gasteiger partial charge >= 0.3 is 0 Å². The summed E-state index contributed by atoms with van der Waals surface area (Å²) >= 11 is 0. The predicted molar refractivity (Wildman–Crippen MR) is 73.1 cm³/mol. The van der Waals surface area contributed by atoms with Gasteiger partial charge in [0.25, 0.3) is 0 Å². The van der Waals surface area contributed by atoms with E-state index in [2.05, 4.69) is 32.7 Å². The molecule has 0 aromatic rings. The smallest absolute Gasteiger partial charge is 0.0702 e. The summed E-state index contributed by atoms with van der Waals surface area (Å²) in [5.74, 6) is 0.599. The third kappa shape index (κ3) is 6.39.